The molecule has 88 valence electrons. The quantitative estimate of drug-likeness (QED) is 0.776. The lowest BCUT2D eigenvalue weighted by molar-refractivity contribution is -0.0583. The number of halogens is 2. The second-order valence-corrected chi connectivity index (χ2v) is 4.99. The Bertz CT molecular complexity index is 381. The predicted molar refractivity (Wildman–Crippen MR) is 65.7 cm³/mol. The molecule has 0 heterocycles. The summed E-state index contributed by atoms with van der Waals surface area (Å²) < 4.78 is 11.0. The Morgan fingerprint density at radius 2 is 2.12 bits per heavy atom. The number of alkyl halides is 1. The summed E-state index contributed by atoms with van der Waals surface area (Å²) in [7, 11) is 1.66. The third kappa shape index (κ3) is 2.29. The van der Waals surface area contributed by atoms with Crippen molar-refractivity contribution in [3.63, 3.8) is 0 Å². The maximum atomic E-state index is 6.01. The molecule has 2 nitrogen and oxygen atoms in total. The van der Waals surface area contributed by atoms with Crippen LogP contribution in [0.25, 0.3) is 0 Å². The molecule has 1 aliphatic carbocycles. The van der Waals surface area contributed by atoms with E-state index in [1.165, 1.54) is 0 Å². The van der Waals surface area contributed by atoms with Crippen molar-refractivity contribution in [2.75, 3.05) is 7.11 Å². The van der Waals surface area contributed by atoms with Crippen LogP contribution in [0, 0.1) is 6.92 Å². The van der Waals surface area contributed by atoms with Gasteiger partial charge < -0.3 is 9.47 Å². The number of hydrogen-bond donors (Lipinski definition) is 0. The van der Waals surface area contributed by atoms with Gasteiger partial charge in [0.2, 0.25) is 0 Å². The van der Waals surface area contributed by atoms with Crippen molar-refractivity contribution >= 4 is 23.2 Å². The van der Waals surface area contributed by atoms with Crippen molar-refractivity contribution in [3.05, 3.63) is 28.8 Å². The van der Waals surface area contributed by atoms with Gasteiger partial charge in [0.05, 0.1) is 5.38 Å². The van der Waals surface area contributed by atoms with Crippen molar-refractivity contribution in [2.24, 2.45) is 0 Å². The van der Waals surface area contributed by atoms with Crippen LogP contribution in [0.15, 0.2) is 18.2 Å². The number of benzene rings is 1. The van der Waals surface area contributed by atoms with Crippen LogP contribution in [0.4, 0.5) is 0 Å². The van der Waals surface area contributed by atoms with Gasteiger partial charge in [0.25, 0.3) is 0 Å². The van der Waals surface area contributed by atoms with Crippen LogP contribution in [0.1, 0.15) is 12.0 Å². The van der Waals surface area contributed by atoms with E-state index in [2.05, 4.69) is 0 Å². The smallest absolute Gasteiger partial charge is 0.128 e. The predicted octanol–water partition coefficient (Wildman–Crippen LogP) is 3.42. The first-order valence-corrected chi connectivity index (χ1v) is 6.03. The summed E-state index contributed by atoms with van der Waals surface area (Å²) >= 11 is 11.9. The van der Waals surface area contributed by atoms with Gasteiger partial charge in [0.15, 0.2) is 0 Å². The van der Waals surface area contributed by atoms with E-state index in [0.29, 0.717) is 0 Å². The van der Waals surface area contributed by atoms with Crippen LogP contribution >= 0.6 is 23.2 Å². The van der Waals surface area contributed by atoms with Gasteiger partial charge in [-0.3, -0.25) is 0 Å². The molecule has 0 saturated heterocycles. The zero-order chi connectivity index (χ0) is 11.7. The van der Waals surface area contributed by atoms with Gasteiger partial charge in [0.1, 0.15) is 18.0 Å². The molecule has 3 unspecified atom stereocenters. The van der Waals surface area contributed by atoms with E-state index in [0.717, 1.165) is 22.8 Å². The first-order chi connectivity index (χ1) is 7.61. The Morgan fingerprint density at radius 3 is 2.69 bits per heavy atom. The van der Waals surface area contributed by atoms with Crippen molar-refractivity contribution in [3.8, 4) is 5.75 Å². The minimum atomic E-state index is -0.0161. The number of methoxy groups -OCH3 is 1. The Morgan fingerprint density at radius 1 is 1.38 bits per heavy atom. The van der Waals surface area contributed by atoms with E-state index < -0.39 is 0 Å². The minimum absolute atomic E-state index is 0.0161. The maximum Gasteiger partial charge on any atom is 0.128 e. The lowest BCUT2D eigenvalue weighted by Gasteiger charge is -2.39. The highest BCUT2D eigenvalue weighted by Crippen LogP contribution is 2.33. The third-order valence-electron chi connectivity index (χ3n) is 2.87. The topological polar surface area (TPSA) is 18.5 Å². The molecule has 3 atom stereocenters. The maximum absolute atomic E-state index is 6.01. The van der Waals surface area contributed by atoms with E-state index in [1.807, 2.05) is 25.1 Å². The fraction of sp³-hybridized carbons (Fsp3) is 0.500. The van der Waals surface area contributed by atoms with Crippen molar-refractivity contribution < 1.29 is 9.47 Å². The van der Waals surface area contributed by atoms with Gasteiger partial charge in [0, 0.05) is 18.6 Å². The van der Waals surface area contributed by atoms with Gasteiger partial charge in [-0.1, -0.05) is 11.6 Å². The Labute approximate surface area is 105 Å². The van der Waals surface area contributed by atoms with E-state index in [9.17, 15) is 0 Å². The summed E-state index contributed by atoms with van der Waals surface area (Å²) in [6.45, 7) is 1.95. The molecule has 4 heteroatoms. The average molecular weight is 261 g/mol. The van der Waals surface area contributed by atoms with Crippen LogP contribution < -0.4 is 4.74 Å². The Hall–Kier alpha value is -0.440. The van der Waals surface area contributed by atoms with Gasteiger partial charge >= 0.3 is 0 Å². The molecule has 0 aliphatic heterocycles. The summed E-state index contributed by atoms with van der Waals surface area (Å²) in [5.74, 6) is 0.817. The molecule has 1 aromatic rings. The Balaban J connectivity index is 2.02. The minimum Gasteiger partial charge on any atom is -0.488 e. The van der Waals surface area contributed by atoms with Crippen LogP contribution in [0.5, 0.6) is 5.75 Å². The SMILES string of the molecule is COC1C(Cl)CC1Oc1ccc(Cl)c(C)c1. The molecular formula is C12H14Cl2O2. The summed E-state index contributed by atoms with van der Waals surface area (Å²) in [5, 5.41) is 0.808. The first-order valence-electron chi connectivity index (χ1n) is 5.21. The normalized spacial score (nSPS) is 28.6. The summed E-state index contributed by atoms with van der Waals surface area (Å²) in [6, 6.07) is 5.63. The second kappa shape index (κ2) is 4.82. The number of rotatable bonds is 3. The van der Waals surface area contributed by atoms with Crippen LogP contribution in [-0.2, 0) is 4.74 Å². The lowest BCUT2D eigenvalue weighted by Crippen LogP contribution is -2.52. The summed E-state index contributed by atoms with van der Waals surface area (Å²) in [5.41, 5.74) is 1.01. The number of hydrogen-bond acceptors (Lipinski definition) is 2. The zero-order valence-corrected chi connectivity index (χ0v) is 10.8. The monoisotopic (exact) mass is 260 g/mol. The molecule has 16 heavy (non-hydrogen) atoms. The highest BCUT2D eigenvalue weighted by molar-refractivity contribution is 6.31. The van der Waals surface area contributed by atoms with Gasteiger partial charge in [-0.15, -0.1) is 11.6 Å². The van der Waals surface area contributed by atoms with Crippen LogP contribution in [-0.4, -0.2) is 24.7 Å². The third-order valence-corrected chi connectivity index (χ3v) is 3.72. The van der Waals surface area contributed by atoms with Gasteiger partial charge in [-0.25, -0.2) is 0 Å². The molecule has 1 aliphatic rings. The molecule has 0 radical (unpaired) electrons. The number of aryl methyl sites for hydroxylation is 1. The number of ether oxygens (including phenoxy) is 2. The Kier molecular flexibility index (Phi) is 3.63. The molecule has 0 aromatic heterocycles. The summed E-state index contributed by atoms with van der Waals surface area (Å²) in [6.07, 6.45) is 0.854. The van der Waals surface area contributed by atoms with Gasteiger partial charge in [-0.2, -0.15) is 0 Å². The standard InChI is InChI=1S/C12H14Cl2O2/c1-7-5-8(3-4-9(7)13)16-11-6-10(14)12(11)15-2/h3-5,10-12H,6H2,1-2H3. The molecule has 1 fully saturated rings. The largest absolute Gasteiger partial charge is 0.488 e. The summed E-state index contributed by atoms with van der Waals surface area (Å²) in [4.78, 5) is 0. The molecule has 0 amide bonds. The lowest BCUT2D eigenvalue weighted by atomic mass is 9.91. The fourth-order valence-corrected chi connectivity index (χ4v) is 2.37. The highest BCUT2D eigenvalue weighted by atomic mass is 35.5. The molecular weight excluding hydrogens is 247 g/mol. The van der Waals surface area contributed by atoms with E-state index in [4.69, 9.17) is 32.7 Å². The molecule has 1 aromatic carbocycles. The molecule has 2 rings (SSSR count). The average Bonchev–Trinajstić information content (AvgIpc) is 2.23. The van der Waals surface area contributed by atoms with Crippen molar-refractivity contribution in [1.82, 2.24) is 0 Å². The molecule has 1 saturated carbocycles. The van der Waals surface area contributed by atoms with E-state index >= 15 is 0 Å². The first kappa shape index (κ1) is 12.0. The van der Waals surface area contributed by atoms with E-state index in [-0.39, 0.29) is 17.6 Å². The van der Waals surface area contributed by atoms with Crippen molar-refractivity contribution in [2.45, 2.75) is 30.9 Å². The second-order valence-electron chi connectivity index (χ2n) is 4.02. The van der Waals surface area contributed by atoms with Gasteiger partial charge in [-0.05, 0) is 30.7 Å². The molecule has 0 spiro atoms. The zero-order valence-electron chi connectivity index (χ0n) is 9.24. The van der Waals surface area contributed by atoms with Crippen LogP contribution in [0.3, 0.4) is 0 Å². The van der Waals surface area contributed by atoms with E-state index in [1.54, 1.807) is 7.11 Å². The molecule has 0 bridgehead atoms. The fourth-order valence-electron chi connectivity index (χ4n) is 1.81. The van der Waals surface area contributed by atoms with Crippen LogP contribution in [0.2, 0.25) is 5.02 Å². The molecule has 0 N–H and O–H groups in total. The van der Waals surface area contributed by atoms with Crippen molar-refractivity contribution in [1.29, 1.82) is 0 Å². The highest BCUT2D eigenvalue weighted by Gasteiger charge is 2.42.